The van der Waals surface area contributed by atoms with Gasteiger partial charge in [-0.2, -0.15) is 0 Å². The van der Waals surface area contributed by atoms with Gasteiger partial charge < -0.3 is 14.2 Å². The average molecular weight is 441 g/mol. The standard InChI is InChI=1S/C26H45ClO3/c1-6-9-14-29-24-15-20(5)30-26(18-24)22-12-13-25(27)23(17-22)16-21(7-2)11-10-19(4)28-8-3/h10,13,20-24,26H,6-9,11-12,14-18H2,1-5H3/b19-10+/t20-,21?,22?,23?,24+,26-/m1/s1. The van der Waals surface area contributed by atoms with Crippen molar-refractivity contribution in [3.63, 3.8) is 0 Å². The van der Waals surface area contributed by atoms with Gasteiger partial charge >= 0.3 is 0 Å². The lowest BCUT2D eigenvalue weighted by atomic mass is 9.76. The Kier molecular flexibility index (Phi) is 11.8. The van der Waals surface area contributed by atoms with Gasteiger partial charge in [-0.1, -0.05) is 44.4 Å². The van der Waals surface area contributed by atoms with Gasteiger partial charge in [0.25, 0.3) is 0 Å². The Bertz CT molecular complexity index is 544. The third-order valence-corrected chi connectivity index (χ3v) is 7.24. The van der Waals surface area contributed by atoms with E-state index in [4.69, 9.17) is 25.8 Å². The fourth-order valence-corrected chi connectivity index (χ4v) is 5.20. The normalized spacial score (nSPS) is 31.3. The van der Waals surface area contributed by atoms with Gasteiger partial charge in [0.05, 0.1) is 30.7 Å². The molecule has 30 heavy (non-hydrogen) atoms. The van der Waals surface area contributed by atoms with Crippen LogP contribution in [0.1, 0.15) is 92.4 Å². The Hall–Kier alpha value is -0.510. The molecule has 4 heteroatoms. The van der Waals surface area contributed by atoms with E-state index < -0.39 is 0 Å². The predicted molar refractivity (Wildman–Crippen MR) is 127 cm³/mol. The van der Waals surface area contributed by atoms with Gasteiger partial charge in [-0.3, -0.25) is 0 Å². The molecule has 0 spiro atoms. The van der Waals surface area contributed by atoms with Crippen LogP contribution in [0.3, 0.4) is 0 Å². The molecule has 2 aliphatic rings. The zero-order valence-electron chi connectivity index (χ0n) is 20.0. The first kappa shape index (κ1) is 25.7. The molecule has 0 amide bonds. The Morgan fingerprint density at radius 1 is 1.27 bits per heavy atom. The third-order valence-electron chi connectivity index (χ3n) is 6.77. The minimum Gasteiger partial charge on any atom is -0.499 e. The highest BCUT2D eigenvalue weighted by atomic mass is 35.5. The molecule has 2 rings (SSSR count). The van der Waals surface area contributed by atoms with Crippen LogP contribution in [0.2, 0.25) is 0 Å². The van der Waals surface area contributed by atoms with Crippen LogP contribution in [0, 0.1) is 17.8 Å². The number of rotatable bonds is 12. The topological polar surface area (TPSA) is 27.7 Å². The summed E-state index contributed by atoms with van der Waals surface area (Å²) in [7, 11) is 0. The van der Waals surface area contributed by atoms with Crippen LogP contribution in [-0.2, 0) is 14.2 Å². The van der Waals surface area contributed by atoms with Gasteiger partial charge in [0.2, 0.25) is 0 Å². The van der Waals surface area contributed by atoms with E-state index in [9.17, 15) is 0 Å². The maximum Gasteiger partial charge on any atom is 0.0889 e. The van der Waals surface area contributed by atoms with Crippen LogP contribution >= 0.6 is 11.6 Å². The van der Waals surface area contributed by atoms with Crippen molar-refractivity contribution in [2.45, 2.75) is 111 Å². The molecule has 0 saturated carbocycles. The van der Waals surface area contributed by atoms with Crippen molar-refractivity contribution in [2.75, 3.05) is 13.2 Å². The van der Waals surface area contributed by atoms with Crippen LogP contribution < -0.4 is 0 Å². The van der Waals surface area contributed by atoms with Crippen molar-refractivity contribution in [1.29, 1.82) is 0 Å². The number of hydrogen-bond donors (Lipinski definition) is 0. The van der Waals surface area contributed by atoms with Crippen molar-refractivity contribution in [3.8, 4) is 0 Å². The van der Waals surface area contributed by atoms with Gasteiger partial charge in [0, 0.05) is 18.1 Å². The van der Waals surface area contributed by atoms with E-state index in [2.05, 4.69) is 39.8 Å². The minimum atomic E-state index is 0.283. The smallest absolute Gasteiger partial charge is 0.0889 e. The van der Waals surface area contributed by atoms with Gasteiger partial charge in [-0.05, 0) is 83.1 Å². The number of ether oxygens (including phenoxy) is 3. The first-order valence-corrected chi connectivity index (χ1v) is 12.8. The molecule has 0 N–H and O–H groups in total. The molecular weight excluding hydrogens is 396 g/mol. The summed E-state index contributed by atoms with van der Waals surface area (Å²) in [5, 5.41) is 1.06. The Morgan fingerprint density at radius 2 is 2.07 bits per heavy atom. The van der Waals surface area contributed by atoms with Gasteiger partial charge in [0.1, 0.15) is 0 Å². The molecule has 174 valence electrons. The molecule has 1 aliphatic carbocycles. The molecule has 0 radical (unpaired) electrons. The van der Waals surface area contributed by atoms with E-state index in [-0.39, 0.29) is 6.10 Å². The lowest BCUT2D eigenvalue weighted by molar-refractivity contribution is -0.129. The SMILES string of the molecule is CCCCO[C@H]1C[C@@H](C)O[C@@H](C2CC=C(Cl)C(CC(CC)C/C=C(\C)OCC)C2)C1. The molecular formula is C26H45ClO3. The van der Waals surface area contributed by atoms with E-state index >= 15 is 0 Å². The second-order valence-electron chi connectivity index (χ2n) is 9.31. The zero-order chi connectivity index (χ0) is 21.9. The van der Waals surface area contributed by atoms with Gasteiger partial charge in [-0.15, -0.1) is 0 Å². The van der Waals surface area contributed by atoms with Crippen LogP contribution in [0.15, 0.2) is 22.9 Å². The van der Waals surface area contributed by atoms with E-state index in [1.807, 2.05) is 6.92 Å². The van der Waals surface area contributed by atoms with Gasteiger partial charge in [0.15, 0.2) is 0 Å². The summed E-state index contributed by atoms with van der Waals surface area (Å²) in [6.45, 7) is 12.4. The van der Waals surface area contributed by atoms with E-state index in [1.54, 1.807) is 0 Å². The van der Waals surface area contributed by atoms with Crippen LogP contribution in [0.5, 0.6) is 0 Å². The lowest BCUT2D eigenvalue weighted by Gasteiger charge is -2.40. The van der Waals surface area contributed by atoms with Crippen molar-refractivity contribution >= 4 is 11.6 Å². The van der Waals surface area contributed by atoms with Crippen molar-refractivity contribution in [3.05, 3.63) is 22.9 Å². The van der Waals surface area contributed by atoms with Crippen molar-refractivity contribution < 1.29 is 14.2 Å². The summed E-state index contributed by atoms with van der Waals surface area (Å²) < 4.78 is 18.2. The molecule has 0 aromatic carbocycles. The number of unbranched alkanes of at least 4 members (excludes halogenated alkanes) is 1. The Balaban J connectivity index is 1.93. The summed E-state index contributed by atoms with van der Waals surface area (Å²) >= 11 is 6.70. The quantitative estimate of drug-likeness (QED) is 0.230. The molecule has 1 fully saturated rings. The summed E-state index contributed by atoms with van der Waals surface area (Å²) in [6, 6.07) is 0. The van der Waals surface area contributed by atoms with Crippen LogP contribution in [-0.4, -0.2) is 31.5 Å². The number of halogens is 1. The van der Waals surface area contributed by atoms with Crippen LogP contribution in [0.25, 0.3) is 0 Å². The molecule has 0 bridgehead atoms. The zero-order valence-corrected chi connectivity index (χ0v) is 20.8. The van der Waals surface area contributed by atoms with E-state index in [1.165, 1.54) is 12.8 Å². The number of hydrogen-bond acceptors (Lipinski definition) is 3. The average Bonchev–Trinajstić information content (AvgIpc) is 2.72. The molecule has 0 aromatic rings. The molecule has 1 saturated heterocycles. The Labute approximate surface area is 190 Å². The molecule has 0 aromatic heterocycles. The first-order chi connectivity index (χ1) is 14.5. The second kappa shape index (κ2) is 13.8. The molecule has 3 unspecified atom stereocenters. The highest BCUT2D eigenvalue weighted by Gasteiger charge is 2.36. The fraction of sp³-hybridized carbons (Fsp3) is 0.846. The number of allylic oxidation sites excluding steroid dienone is 4. The van der Waals surface area contributed by atoms with Crippen LogP contribution in [0.4, 0.5) is 0 Å². The first-order valence-electron chi connectivity index (χ1n) is 12.4. The monoisotopic (exact) mass is 440 g/mol. The molecule has 1 aliphatic heterocycles. The Morgan fingerprint density at radius 3 is 2.77 bits per heavy atom. The highest BCUT2D eigenvalue weighted by Crippen LogP contribution is 2.41. The van der Waals surface area contributed by atoms with E-state index in [0.29, 0.717) is 30.0 Å². The van der Waals surface area contributed by atoms with Crippen molar-refractivity contribution in [1.82, 2.24) is 0 Å². The second-order valence-corrected chi connectivity index (χ2v) is 9.75. The van der Waals surface area contributed by atoms with E-state index in [0.717, 1.165) is 69.0 Å². The molecule has 6 atom stereocenters. The summed E-state index contributed by atoms with van der Waals surface area (Å²) in [6.07, 6.45) is 15.4. The van der Waals surface area contributed by atoms with Gasteiger partial charge in [-0.25, -0.2) is 0 Å². The largest absolute Gasteiger partial charge is 0.499 e. The fourth-order valence-electron chi connectivity index (χ4n) is 4.94. The minimum absolute atomic E-state index is 0.283. The summed E-state index contributed by atoms with van der Waals surface area (Å²) in [4.78, 5) is 0. The maximum atomic E-state index is 6.70. The predicted octanol–water partition coefficient (Wildman–Crippen LogP) is 7.63. The lowest BCUT2D eigenvalue weighted by Crippen LogP contribution is -2.41. The maximum absolute atomic E-state index is 6.70. The summed E-state index contributed by atoms with van der Waals surface area (Å²) in [5.74, 6) is 2.69. The highest BCUT2D eigenvalue weighted by molar-refractivity contribution is 6.29. The molecule has 3 nitrogen and oxygen atoms in total. The van der Waals surface area contributed by atoms with Crippen molar-refractivity contribution in [2.24, 2.45) is 17.8 Å². The summed E-state index contributed by atoms with van der Waals surface area (Å²) in [5.41, 5.74) is 0. The third kappa shape index (κ3) is 8.55. The molecule has 1 heterocycles.